The molecule has 4 nitrogen and oxygen atoms in total. The zero-order valence-corrected chi connectivity index (χ0v) is 12.6. The Morgan fingerprint density at radius 1 is 1.29 bits per heavy atom. The van der Waals surface area contributed by atoms with Gasteiger partial charge < -0.3 is 10.0 Å². The van der Waals surface area contributed by atoms with Gasteiger partial charge in [-0.25, -0.2) is 0 Å². The second-order valence-corrected chi connectivity index (χ2v) is 6.11. The summed E-state index contributed by atoms with van der Waals surface area (Å²) in [6, 6.07) is 7.44. The van der Waals surface area contributed by atoms with E-state index >= 15 is 0 Å². The first-order valence-electron chi connectivity index (χ1n) is 7.37. The van der Waals surface area contributed by atoms with Crippen LogP contribution in [-0.4, -0.2) is 39.8 Å². The van der Waals surface area contributed by atoms with Gasteiger partial charge in [0, 0.05) is 17.8 Å². The molecule has 0 amide bonds. The van der Waals surface area contributed by atoms with E-state index in [9.17, 15) is 5.11 Å². The molecule has 5 heteroatoms. The largest absolute Gasteiger partial charge is 0.387 e. The molecule has 1 saturated heterocycles. The van der Waals surface area contributed by atoms with Gasteiger partial charge in [0.15, 0.2) is 0 Å². The lowest BCUT2D eigenvalue weighted by molar-refractivity contribution is 0.0973. The van der Waals surface area contributed by atoms with E-state index in [1.54, 1.807) is 0 Å². The first kappa shape index (κ1) is 14.6. The first-order chi connectivity index (χ1) is 10.2. The van der Waals surface area contributed by atoms with E-state index in [-0.39, 0.29) is 0 Å². The fraction of sp³-hybridized carbons (Fsp3) is 0.438. The average Bonchev–Trinajstić information content (AvgIpc) is 3.03. The summed E-state index contributed by atoms with van der Waals surface area (Å²) in [5.41, 5.74) is 2.23. The standard InChI is InChI=1S/C16H20ClN3O/c17-15-3-1-13(2-4-15)16(21)11-20-7-5-12(6-8-20)14-9-18-19-10-14/h1-4,9-10,12,16,21H,5-8,11H2,(H,18,19)/t16-/m0/s1. The molecule has 0 unspecified atom stereocenters. The molecular weight excluding hydrogens is 286 g/mol. The minimum Gasteiger partial charge on any atom is -0.387 e. The molecule has 2 N–H and O–H groups in total. The van der Waals surface area contributed by atoms with Crippen molar-refractivity contribution < 1.29 is 5.11 Å². The molecule has 1 atom stereocenters. The number of aromatic amines is 1. The molecule has 0 spiro atoms. The van der Waals surface area contributed by atoms with Crippen LogP contribution >= 0.6 is 11.6 Å². The topological polar surface area (TPSA) is 52.1 Å². The molecule has 21 heavy (non-hydrogen) atoms. The van der Waals surface area contributed by atoms with Crippen molar-refractivity contribution in [3.8, 4) is 0 Å². The van der Waals surface area contributed by atoms with Crippen LogP contribution in [0.25, 0.3) is 0 Å². The van der Waals surface area contributed by atoms with E-state index in [1.165, 1.54) is 5.56 Å². The maximum atomic E-state index is 10.3. The summed E-state index contributed by atoms with van der Waals surface area (Å²) in [6.45, 7) is 2.71. The highest BCUT2D eigenvalue weighted by atomic mass is 35.5. The Morgan fingerprint density at radius 2 is 2.00 bits per heavy atom. The minimum atomic E-state index is -0.451. The number of benzene rings is 1. The number of likely N-dealkylation sites (tertiary alicyclic amines) is 1. The molecular formula is C16H20ClN3O. The minimum absolute atomic E-state index is 0.451. The van der Waals surface area contributed by atoms with Gasteiger partial charge in [0.2, 0.25) is 0 Å². The number of β-amino-alcohol motifs (C(OH)–C–C–N with tert-alkyl or cyclic N) is 1. The lowest BCUT2D eigenvalue weighted by atomic mass is 9.91. The number of aromatic nitrogens is 2. The van der Waals surface area contributed by atoms with Crippen molar-refractivity contribution in [1.82, 2.24) is 15.1 Å². The van der Waals surface area contributed by atoms with Crippen LogP contribution in [0.3, 0.4) is 0 Å². The smallest absolute Gasteiger partial charge is 0.0916 e. The quantitative estimate of drug-likeness (QED) is 0.913. The number of H-pyrrole nitrogens is 1. The van der Waals surface area contributed by atoms with E-state index in [4.69, 9.17) is 11.6 Å². The van der Waals surface area contributed by atoms with Crippen molar-refractivity contribution in [3.63, 3.8) is 0 Å². The number of nitrogens with one attached hydrogen (secondary N) is 1. The predicted octanol–water partition coefficient (Wildman–Crippen LogP) is 2.98. The Balaban J connectivity index is 1.52. The molecule has 3 rings (SSSR count). The highest BCUT2D eigenvalue weighted by molar-refractivity contribution is 6.30. The monoisotopic (exact) mass is 305 g/mol. The summed E-state index contributed by atoms with van der Waals surface area (Å²) in [5, 5.41) is 17.9. The van der Waals surface area contributed by atoms with Crippen molar-refractivity contribution in [3.05, 3.63) is 52.8 Å². The van der Waals surface area contributed by atoms with Crippen LogP contribution in [-0.2, 0) is 0 Å². The third-order valence-electron chi connectivity index (χ3n) is 4.26. The number of piperidine rings is 1. The molecule has 0 aliphatic carbocycles. The van der Waals surface area contributed by atoms with Crippen LogP contribution in [0.15, 0.2) is 36.7 Å². The summed E-state index contributed by atoms with van der Waals surface area (Å²) in [5.74, 6) is 0.590. The van der Waals surface area contributed by atoms with Gasteiger partial charge in [-0.2, -0.15) is 5.10 Å². The Hall–Kier alpha value is -1.36. The van der Waals surface area contributed by atoms with Crippen molar-refractivity contribution in [2.24, 2.45) is 0 Å². The Bertz CT molecular complexity index is 547. The fourth-order valence-corrected chi connectivity index (χ4v) is 3.09. The van der Waals surface area contributed by atoms with Crippen molar-refractivity contribution in [2.45, 2.75) is 24.9 Å². The van der Waals surface area contributed by atoms with Crippen LogP contribution in [0.2, 0.25) is 5.02 Å². The van der Waals surface area contributed by atoms with Gasteiger partial charge in [0.05, 0.1) is 12.3 Å². The number of aliphatic hydroxyl groups excluding tert-OH is 1. The van der Waals surface area contributed by atoms with Crippen LogP contribution in [0, 0.1) is 0 Å². The van der Waals surface area contributed by atoms with E-state index in [1.807, 2.05) is 36.7 Å². The second-order valence-electron chi connectivity index (χ2n) is 5.67. The van der Waals surface area contributed by atoms with Gasteiger partial charge in [-0.05, 0) is 55.1 Å². The maximum absolute atomic E-state index is 10.3. The van der Waals surface area contributed by atoms with E-state index in [0.717, 1.165) is 31.5 Å². The van der Waals surface area contributed by atoms with E-state index in [2.05, 4.69) is 15.1 Å². The normalized spacial score (nSPS) is 18.8. The lowest BCUT2D eigenvalue weighted by Gasteiger charge is -2.32. The second kappa shape index (κ2) is 6.60. The number of nitrogens with zero attached hydrogens (tertiary/aromatic N) is 2. The molecule has 0 radical (unpaired) electrons. The van der Waals surface area contributed by atoms with Gasteiger partial charge in [-0.15, -0.1) is 0 Å². The van der Waals surface area contributed by atoms with Crippen LogP contribution in [0.5, 0.6) is 0 Å². The zero-order valence-electron chi connectivity index (χ0n) is 11.9. The van der Waals surface area contributed by atoms with Crippen LogP contribution in [0.4, 0.5) is 0 Å². The summed E-state index contributed by atoms with van der Waals surface area (Å²) in [4.78, 5) is 2.33. The van der Waals surface area contributed by atoms with Crippen molar-refractivity contribution >= 4 is 11.6 Å². The SMILES string of the molecule is O[C@@H](CN1CCC(c2cn[nH]c2)CC1)c1ccc(Cl)cc1. The number of halogens is 1. The molecule has 1 aliphatic rings. The Labute approximate surface area is 129 Å². The third kappa shape index (κ3) is 3.64. The molecule has 112 valence electrons. The highest BCUT2D eigenvalue weighted by Crippen LogP contribution is 2.28. The molecule has 0 bridgehead atoms. The number of hydrogen-bond donors (Lipinski definition) is 2. The lowest BCUT2D eigenvalue weighted by Crippen LogP contribution is -2.35. The summed E-state index contributed by atoms with van der Waals surface area (Å²) < 4.78 is 0. The maximum Gasteiger partial charge on any atom is 0.0916 e. The molecule has 0 saturated carbocycles. The zero-order chi connectivity index (χ0) is 14.7. The average molecular weight is 306 g/mol. The Morgan fingerprint density at radius 3 is 2.62 bits per heavy atom. The summed E-state index contributed by atoms with van der Waals surface area (Å²) >= 11 is 5.87. The molecule has 2 heterocycles. The van der Waals surface area contributed by atoms with Gasteiger partial charge in [-0.1, -0.05) is 23.7 Å². The van der Waals surface area contributed by atoms with Gasteiger partial charge in [-0.3, -0.25) is 5.10 Å². The molecule has 1 aromatic carbocycles. The van der Waals surface area contributed by atoms with E-state index in [0.29, 0.717) is 17.5 Å². The number of rotatable bonds is 4. The van der Waals surface area contributed by atoms with Gasteiger partial charge >= 0.3 is 0 Å². The fourth-order valence-electron chi connectivity index (χ4n) is 2.97. The first-order valence-corrected chi connectivity index (χ1v) is 7.75. The highest BCUT2D eigenvalue weighted by Gasteiger charge is 2.23. The van der Waals surface area contributed by atoms with Gasteiger partial charge in [0.1, 0.15) is 0 Å². The Kier molecular flexibility index (Phi) is 4.58. The molecule has 2 aromatic rings. The third-order valence-corrected chi connectivity index (χ3v) is 4.52. The predicted molar refractivity (Wildman–Crippen MR) is 83.4 cm³/mol. The van der Waals surface area contributed by atoms with Crippen molar-refractivity contribution in [2.75, 3.05) is 19.6 Å². The number of aliphatic hydroxyl groups is 1. The van der Waals surface area contributed by atoms with E-state index < -0.39 is 6.10 Å². The molecule has 1 aromatic heterocycles. The number of hydrogen-bond acceptors (Lipinski definition) is 3. The molecule has 1 fully saturated rings. The van der Waals surface area contributed by atoms with Crippen molar-refractivity contribution in [1.29, 1.82) is 0 Å². The van der Waals surface area contributed by atoms with Crippen LogP contribution < -0.4 is 0 Å². The van der Waals surface area contributed by atoms with Gasteiger partial charge in [0.25, 0.3) is 0 Å². The molecule has 1 aliphatic heterocycles. The summed E-state index contributed by atoms with van der Waals surface area (Å²) in [6.07, 6.45) is 5.69. The summed E-state index contributed by atoms with van der Waals surface area (Å²) in [7, 11) is 0. The van der Waals surface area contributed by atoms with Crippen LogP contribution in [0.1, 0.15) is 36.0 Å².